The lowest BCUT2D eigenvalue weighted by molar-refractivity contribution is -0.122. The molecule has 8 heteroatoms. The molecule has 4 rings (SSSR count). The number of halogens is 1. The molecule has 1 aromatic carbocycles. The molecule has 0 unspecified atom stereocenters. The number of amides is 2. The Hall–Kier alpha value is -3.19. The Morgan fingerprint density at radius 2 is 2.11 bits per heavy atom. The minimum Gasteiger partial charge on any atom is -0.441 e. The SMILES string of the molecule is Cc1ccnc2c1NC(=O)CN2C(=O)CCc1ncc(-c2ccccc2Cl)o1. The molecule has 0 bridgehead atoms. The standard InChI is InChI=1S/C20H17ClN4O3/c1-12-8-9-22-20-19(12)24-16(26)11-25(20)18(27)7-6-17-23-10-15(28-17)13-4-2-3-5-14(13)21/h2-5,8-10H,6-7,11H2,1H3,(H,24,26). The number of benzene rings is 1. The number of aromatic nitrogens is 2. The van der Waals surface area contributed by atoms with Crippen molar-refractivity contribution in [3.05, 3.63) is 59.2 Å². The van der Waals surface area contributed by atoms with E-state index in [1.807, 2.05) is 25.1 Å². The predicted molar refractivity (Wildman–Crippen MR) is 105 cm³/mol. The third-order valence-electron chi connectivity index (χ3n) is 4.51. The van der Waals surface area contributed by atoms with Crippen LogP contribution in [0.3, 0.4) is 0 Å². The first kappa shape index (κ1) is 18.2. The van der Waals surface area contributed by atoms with Gasteiger partial charge in [-0.05, 0) is 30.7 Å². The van der Waals surface area contributed by atoms with Gasteiger partial charge in [-0.3, -0.25) is 14.5 Å². The first-order chi connectivity index (χ1) is 13.5. The van der Waals surface area contributed by atoms with Crippen molar-refractivity contribution < 1.29 is 14.0 Å². The number of fused-ring (bicyclic) bond motifs is 1. The number of nitrogens with one attached hydrogen (secondary N) is 1. The highest BCUT2D eigenvalue weighted by Crippen LogP contribution is 2.31. The summed E-state index contributed by atoms with van der Waals surface area (Å²) >= 11 is 6.18. The Labute approximate surface area is 166 Å². The van der Waals surface area contributed by atoms with Crippen LogP contribution >= 0.6 is 11.6 Å². The van der Waals surface area contributed by atoms with E-state index in [1.54, 1.807) is 24.5 Å². The van der Waals surface area contributed by atoms with Crippen LogP contribution in [-0.4, -0.2) is 28.3 Å². The molecule has 0 saturated heterocycles. The van der Waals surface area contributed by atoms with Gasteiger partial charge < -0.3 is 9.73 Å². The van der Waals surface area contributed by atoms with Gasteiger partial charge >= 0.3 is 0 Å². The van der Waals surface area contributed by atoms with E-state index in [1.165, 1.54) is 4.90 Å². The summed E-state index contributed by atoms with van der Waals surface area (Å²) in [5, 5.41) is 3.34. The zero-order chi connectivity index (χ0) is 19.7. The minimum absolute atomic E-state index is 0.0568. The molecule has 0 spiro atoms. The van der Waals surface area contributed by atoms with Crippen LogP contribution in [0.15, 0.2) is 47.1 Å². The van der Waals surface area contributed by atoms with Crippen molar-refractivity contribution in [2.24, 2.45) is 0 Å². The second kappa shape index (κ2) is 7.44. The fraction of sp³-hybridized carbons (Fsp3) is 0.200. The molecule has 2 amide bonds. The first-order valence-electron chi connectivity index (χ1n) is 8.78. The molecule has 0 saturated carbocycles. The van der Waals surface area contributed by atoms with E-state index in [2.05, 4.69) is 15.3 Å². The molecule has 1 N–H and O–H groups in total. The highest BCUT2D eigenvalue weighted by atomic mass is 35.5. The van der Waals surface area contributed by atoms with Crippen LogP contribution in [0.5, 0.6) is 0 Å². The Kier molecular flexibility index (Phi) is 4.83. The zero-order valence-electron chi connectivity index (χ0n) is 15.1. The smallest absolute Gasteiger partial charge is 0.244 e. The molecule has 1 aliphatic heterocycles. The van der Waals surface area contributed by atoms with Gasteiger partial charge in [-0.15, -0.1) is 0 Å². The summed E-state index contributed by atoms with van der Waals surface area (Å²) in [6, 6.07) is 9.10. The van der Waals surface area contributed by atoms with Crippen LogP contribution in [-0.2, 0) is 16.0 Å². The fourth-order valence-electron chi connectivity index (χ4n) is 3.07. The molecule has 0 fully saturated rings. The number of nitrogens with zero attached hydrogens (tertiary/aromatic N) is 3. The largest absolute Gasteiger partial charge is 0.441 e. The van der Waals surface area contributed by atoms with Gasteiger partial charge in [-0.1, -0.05) is 23.7 Å². The fourth-order valence-corrected chi connectivity index (χ4v) is 3.30. The number of rotatable bonds is 4. The maximum absolute atomic E-state index is 12.7. The summed E-state index contributed by atoms with van der Waals surface area (Å²) in [5.74, 6) is 0.990. The third kappa shape index (κ3) is 3.48. The highest BCUT2D eigenvalue weighted by Gasteiger charge is 2.29. The van der Waals surface area contributed by atoms with E-state index in [9.17, 15) is 9.59 Å². The lowest BCUT2D eigenvalue weighted by atomic mass is 10.1. The molecule has 142 valence electrons. The van der Waals surface area contributed by atoms with E-state index in [0.29, 0.717) is 34.6 Å². The van der Waals surface area contributed by atoms with Crippen molar-refractivity contribution in [1.82, 2.24) is 9.97 Å². The van der Waals surface area contributed by atoms with Gasteiger partial charge in [0, 0.05) is 24.6 Å². The minimum atomic E-state index is -0.242. The van der Waals surface area contributed by atoms with Crippen molar-refractivity contribution in [2.45, 2.75) is 19.8 Å². The van der Waals surface area contributed by atoms with Crippen molar-refractivity contribution in [3.63, 3.8) is 0 Å². The Bertz CT molecular complexity index is 1060. The number of carbonyl (C=O) groups excluding carboxylic acids is 2. The molecule has 0 aliphatic carbocycles. The Balaban J connectivity index is 1.48. The average molecular weight is 397 g/mol. The van der Waals surface area contributed by atoms with E-state index in [0.717, 1.165) is 11.1 Å². The van der Waals surface area contributed by atoms with E-state index in [-0.39, 0.29) is 24.8 Å². The normalized spacial score (nSPS) is 13.2. The molecule has 3 heterocycles. The van der Waals surface area contributed by atoms with Gasteiger partial charge in [0.15, 0.2) is 17.5 Å². The van der Waals surface area contributed by atoms with Crippen molar-refractivity contribution >= 4 is 34.9 Å². The van der Waals surface area contributed by atoms with Gasteiger partial charge in [0.25, 0.3) is 0 Å². The molecule has 1 aliphatic rings. The topological polar surface area (TPSA) is 88.3 Å². The van der Waals surface area contributed by atoms with Crippen molar-refractivity contribution in [3.8, 4) is 11.3 Å². The average Bonchev–Trinajstić information content (AvgIpc) is 3.15. The Morgan fingerprint density at radius 1 is 1.29 bits per heavy atom. The molecule has 7 nitrogen and oxygen atoms in total. The van der Waals surface area contributed by atoms with E-state index >= 15 is 0 Å². The lowest BCUT2D eigenvalue weighted by Gasteiger charge is -2.28. The number of hydrogen-bond donors (Lipinski definition) is 1. The monoisotopic (exact) mass is 396 g/mol. The maximum atomic E-state index is 12.7. The van der Waals surface area contributed by atoms with Gasteiger partial charge in [0.1, 0.15) is 6.54 Å². The van der Waals surface area contributed by atoms with Gasteiger partial charge in [-0.2, -0.15) is 0 Å². The number of aryl methyl sites for hydroxylation is 2. The van der Waals surface area contributed by atoms with Crippen LogP contribution in [0.25, 0.3) is 11.3 Å². The summed E-state index contributed by atoms with van der Waals surface area (Å²) in [4.78, 5) is 34.6. The number of pyridine rings is 1. The molecule has 3 aromatic rings. The van der Waals surface area contributed by atoms with Gasteiger partial charge in [-0.25, -0.2) is 9.97 Å². The Morgan fingerprint density at radius 3 is 2.93 bits per heavy atom. The number of hydrogen-bond acceptors (Lipinski definition) is 5. The van der Waals surface area contributed by atoms with Gasteiger partial charge in [0.05, 0.1) is 16.9 Å². The second-order valence-corrected chi connectivity index (χ2v) is 6.86. The molecular formula is C20H17ClN4O3. The highest BCUT2D eigenvalue weighted by molar-refractivity contribution is 6.33. The van der Waals surface area contributed by atoms with Crippen LogP contribution < -0.4 is 10.2 Å². The molecule has 0 radical (unpaired) electrons. The molecule has 28 heavy (non-hydrogen) atoms. The predicted octanol–water partition coefficient (Wildman–Crippen LogP) is 3.62. The van der Waals surface area contributed by atoms with Crippen LogP contribution in [0.4, 0.5) is 11.5 Å². The summed E-state index contributed by atoms with van der Waals surface area (Å²) < 4.78 is 5.74. The number of oxazole rings is 1. The summed E-state index contributed by atoms with van der Waals surface area (Å²) in [5.41, 5.74) is 2.17. The third-order valence-corrected chi connectivity index (χ3v) is 4.84. The number of anilines is 2. The van der Waals surface area contributed by atoms with Crippen LogP contribution in [0, 0.1) is 6.92 Å². The van der Waals surface area contributed by atoms with Crippen LogP contribution in [0.1, 0.15) is 17.9 Å². The molecular weight excluding hydrogens is 380 g/mol. The zero-order valence-corrected chi connectivity index (χ0v) is 15.9. The van der Waals surface area contributed by atoms with E-state index in [4.69, 9.17) is 16.0 Å². The summed E-state index contributed by atoms with van der Waals surface area (Å²) in [6.45, 7) is 1.80. The summed E-state index contributed by atoms with van der Waals surface area (Å²) in [6.07, 6.45) is 3.67. The maximum Gasteiger partial charge on any atom is 0.244 e. The van der Waals surface area contributed by atoms with Crippen LogP contribution in [0.2, 0.25) is 5.02 Å². The lowest BCUT2D eigenvalue weighted by Crippen LogP contribution is -2.43. The molecule has 2 aromatic heterocycles. The van der Waals surface area contributed by atoms with Crippen molar-refractivity contribution in [2.75, 3.05) is 16.8 Å². The first-order valence-corrected chi connectivity index (χ1v) is 9.16. The molecule has 0 atom stereocenters. The quantitative estimate of drug-likeness (QED) is 0.727. The second-order valence-electron chi connectivity index (χ2n) is 6.45. The van der Waals surface area contributed by atoms with Gasteiger partial charge in [0.2, 0.25) is 11.8 Å². The number of carbonyl (C=O) groups is 2. The van der Waals surface area contributed by atoms with Crippen molar-refractivity contribution in [1.29, 1.82) is 0 Å². The van der Waals surface area contributed by atoms with E-state index < -0.39 is 0 Å². The summed E-state index contributed by atoms with van der Waals surface area (Å²) in [7, 11) is 0.